The number of alkyl halides is 2. The van der Waals surface area contributed by atoms with Gasteiger partial charge >= 0.3 is 5.97 Å². The lowest BCUT2D eigenvalue weighted by Crippen LogP contribution is -2.23. The van der Waals surface area contributed by atoms with Crippen LogP contribution in [-0.2, 0) is 0 Å². The number of rotatable bonds is 4. The molecule has 98 valence electrons. The molecule has 0 bridgehead atoms. The molecule has 0 radical (unpaired) electrons. The predicted octanol–water partition coefficient (Wildman–Crippen LogP) is 1.63. The summed E-state index contributed by atoms with van der Waals surface area (Å²) >= 11 is 0. The number of hydrogen-bond acceptors (Lipinski definition) is 5. The van der Waals surface area contributed by atoms with Gasteiger partial charge in [0.15, 0.2) is 0 Å². The summed E-state index contributed by atoms with van der Waals surface area (Å²) in [6.07, 6.45) is -2.66. The number of halogens is 2. The zero-order chi connectivity index (χ0) is 13.3. The summed E-state index contributed by atoms with van der Waals surface area (Å²) in [4.78, 5) is 11.0. The monoisotopic (exact) mass is 259 g/mol. The van der Waals surface area contributed by atoms with Crippen LogP contribution in [0.2, 0.25) is 0 Å². The van der Waals surface area contributed by atoms with E-state index in [0.717, 1.165) is 0 Å². The number of carboxylic acids is 1. The van der Waals surface area contributed by atoms with Crippen molar-refractivity contribution < 1.29 is 23.4 Å². The quantitative estimate of drug-likeness (QED) is 0.763. The topological polar surface area (TPSA) is 73.8 Å². The fraction of sp³-hybridized carbons (Fsp3) is 0.300. The van der Waals surface area contributed by atoms with Crippen molar-refractivity contribution in [2.75, 3.05) is 24.5 Å². The molecule has 1 aromatic carbocycles. The third-order valence-corrected chi connectivity index (χ3v) is 2.29. The van der Waals surface area contributed by atoms with E-state index >= 15 is 0 Å². The van der Waals surface area contributed by atoms with E-state index in [9.17, 15) is 13.6 Å². The third kappa shape index (κ3) is 2.43. The third-order valence-electron chi connectivity index (χ3n) is 2.29. The van der Waals surface area contributed by atoms with Gasteiger partial charge in [-0.15, -0.1) is 5.12 Å². The zero-order valence-corrected chi connectivity index (χ0v) is 9.41. The van der Waals surface area contributed by atoms with Crippen LogP contribution in [0.1, 0.15) is 10.4 Å². The van der Waals surface area contributed by atoms with Crippen molar-refractivity contribution in [2.24, 2.45) is 0 Å². The average Bonchev–Trinajstić information content (AvgIpc) is 2.63. The Bertz CT molecular complexity index is 482. The van der Waals surface area contributed by atoms with Gasteiger partial charge < -0.3 is 9.84 Å². The fourth-order valence-electron chi connectivity index (χ4n) is 1.59. The van der Waals surface area contributed by atoms with Gasteiger partial charge in [0.05, 0.1) is 11.4 Å². The van der Waals surface area contributed by atoms with Gasteiger partial charge in [-0.1, -0.05) is 0 Å². The van der Waals surface area contributed by atoms with Crippen LogP contribution in [0.4, 0.5) is 20.2 Å². The molecule has 0 amide bonds. The first-order valence-electron chi connectivity index (χ1n) is 5.06. The minimum Gasteiger partial charge on any atom is -0.487 e. The van der Waals surface area contributed by atoms with Crippen molar-refractivity contribution in [3.63, 3.8) is 0 Å². The second kappa shape index (κ2) is 4.65. The Kier molecular flexibility index (Phi) is 3.19. The van der Waals surface area contributed by atoms with Gasteiger partial charge in [0, 0.05) is 13.1 Å². The van der Waals surface area contributed by atoms with Gasteiger partial charge in [-0.3, -0.25) is 10.9 Å². The Morgan fingerprint density at radius 2 is 2.06 bits per heavy atom. The number of benzene rings is 1. The van der Waals surface area contributed by atoms with Gasteiger partial charge in [-0.25, -0.2) is 13.6 Å². The molecule has 1 heterocycles. The normalized spacial score (nSPS) is 14.0. The van der Waals surface area contributed by atoms with E-state index < -0.39 is 19.0 Å². The fourth-order valence-corrected chi connectivity index (χ4v) is 1.59. The molecule has 0 spiro atoms. The number of fused-ring (bicyclic) bond motifs is 1. The molecule has 18 heavy (non-hydrogen) atoms. The molecule has 2 rings (SSSR count). The summed E-state index contributed by atoms with van der Waals surface area (Å²) in [5.74, 6) is -1.33. The molecule has 8 heteroatoms. The minimum atomic E-state index is -2.66. The second-order valence-corrected chi connectivity index (χ2v) is 3.68. The van der Waals surface area contributed by atoms with Gasteiger partial charge in [-0.05, 0) is 6.07 Å². The van der Waals surface area contributed by atoms with E-state index in [1.54, 1.807) is 7.05 Å². The van der Waals surface area contributed by atoms with E-state index in [4.69, 9.17) is 9.84 Å². The highest BCUT2D eigenvalue weighted by molar-refractivity contribution is 5.94. The molecule has 0 saturated heterocycles. The summed E-state index contributed by atoms with van der Waals surface area (Å²) < 4.78 is 29.0. The molecule has 6 nitrogen and oxygen atoms in total. The first-order chi connectivity index (χ1) is 8.47. The summed E-state index contributed by atoms with van der Waals surface area (Å²) in [5, 5.41) is 10.5. The largest absolute Gasteiger partial charge is 0.487 e. The standard InChI is InChI=1S/C10H11F2N3O3/c1-15-13-6-2-5(10(16)17)8(3-7(6)14-15)18-4-9(11)12/h2-3,9,13-14H,4H2,1H3,(H,16,17). The Labute approximate surface area is 101 Å². The summed E-state index contributed by atoms with van der Waals surface area (Å²) in [5.41, 5.74) is 6.63. The van der Waals surface area contributed by atoms with E-state index in [2.05, 4.69) is 10.9 Å². The molecule has 0 aliphatic carbocycles. The van der Waals surface area contributed by atoms with Gasteiger partial charge in [0.1, 0.15) is 17.9 Å². The molecule has 1 aliphatic heterocycles. The van der Waals surface area contributed by atoms with Crippen molar-refractivity contribution in [2.45, 2.75) is 6.43 Å². The van der Waals surface area contributed by atoms with Crippen LogP contribution in [0, 0.1) is 0 Å². The van der Waals surface area contributed by atoms with E-state index in [1.165, 1.54) is 17.3 Å². The molecule has 0 saturated carbocycles. The van der Waals surface area contributed by atoms with Crippen LogP contribution in [-0.4, -0.2) is 36.3 Å². The number of nitrogens with zero attached hydrogens (tertiary/aromatic N) is 1. The van der Waals surface area contributed by atoms with E-state index in [0.29, 0.717) is 11.4 Å². The summed E-state index contributed by atoms with van der Waals surface area (Å²) in [6, 6.07) is 2.70. The number of aromatic carboxylic acids is 1. The first kappa shape index (κ1) is 12.4. The number of hydrazine groups is 2. The lowest BCUT2D eigenvalue weighted by molar-refractivity contribution is 0.0664. The number of hydrogen-bond donors (Lipinski definition) is 3. The van der Waals surface area contributed by atoms with E-state index in [-0.39, 0.29) is 11.3 Å². The summed E-state index contributed by atoms with van der Waals surface area (Å²) in [7, 11) is 1.68. The lowest BCUT2D eigenvalue weighted by Gasteiger charge is -2.10. The molecule has 0 atom stereocenters. The van der Waals surface area contributed by atoms with Crippen LogP contribution in [0.15, 0.2) is 12.1 Å². The molecule has 3 N–H and O–H groups in total. The van der Waals surface area contributed by atoms with Crippen LogP contribution >= 0.6 is 0 Å². The van der Waals surface area contributed by atoms with Crippen LogP contribution in [0.5, 0.6) is 5.75 Å². The highest BCUT2D eigenvalue weighted by atomic mass is 19.3. The van der Waals surface area contributed by atoms with Gasteiger partial charge in [-0.2, -0.15) is 0 Å². The van der Waals surface area contributed by atoms with Crippen molar-refractivity contribution >= 4 is 17.3 Å². The maximum atomic E-state index is 12.1. The Balaban J connectivity index is 2.32. The Hall–Kier alpha value is -2.09. The Morgan fingerprint density at radius 1 is 1.44 bits per heavy atom. The van der Waals surface area contributed by atoms with Crippen molar-refractivity contribution in [1.29, 1.82) is 0 Å². The number of carbonyl (C=O) groups is 1. The smallest absolute Gasteiger partial charge is 0.339 e. The summed E-state index contributed by atoms with van der Waals surface area (Å²) in [6.45, 7) is -0.845. The second-order valence-electron chi connectivity index (χ2n) is 3.68. The van der Waals surface area contributed by atoms with Crippen molar-refractivity contribution in [1.82, 2.24) is 5.12 Å². The molecule has 1 aromatic rings. The molecule has 1 aliphatic rings. The number of anilines is 2. The minimum absolute atomic E-state index is 0.0915. The highest BCUT2D eigenvalue weighted by Gasteiger charge is 2.21. The first-order valence-corrected chi connectivity index (χ1v) is 5.06. The zero-order valence-electron chi connectivity index (χ0n) is 9.41. The van der Waals surface area contributed by atoms with Gasteiger partial charge in [0.2, 0.25) is 0 Å². The van der Waals surface area contributed by atoms with E-state index in [1.807, 2.05) is 0 Å². The average molecular weight is 259 g/mol. The maximum absolute atomic E-state index is 12.1. The predicted molar refractivity (Wildman–Crippen MR) is 59.9 cm³/mol. The van der Waals surface area contributed by atoms with Crippen LogP contribution in [0.3, 0.4) is 0 Å². The molecule has 0 aromatic heterocycles. The molecular weight excluding hydrogens is 248 g/mol. The number of carboxylic acid groups (broad SMARTS) is 1. The SMILES string of the molecule is CN1Nc2cc(OCC(F)F)c(C(=O)O)cc2N1. The maximum Gasteiger partial charge on any atom is 0.339 e. The van der Waals surface area contributed by atoms with Crippen LogP contribution < -0.4 is 15.6 Å². The van der Waals surface area contributed by atoms with Crippen molar-refractivity contribution in [3.05, 3.63) is 17.7 Å². The number of ether oxygens (including phenoxy) is 1. The number of nitrogens with one attached hydrogen (secondary N) is 2. The Morgan fingerprint density at radius 3 is 2.61 bits per heavy atom. The highest BCUT2D eigenvalue weighted by Crippen LogP contribution is 2.35. The molecular formula is C10H11F2N3O3. The lowest BCUT2D eigenvalue weighted by atomic mass is 10.1. The molecule has 0 unspecified atom stereocenters. The van der Waals surface area contributed by atoms with Crippen LogP contribution in [0.25, 0.3) is 0 Å². The van der Waals surface area contributed by atoms with Gasteiger partial charge in [0.25, 0.3) is 6.43 Å². The van der Waals surface area contributed by atoms with Crippen molar-refractivity contribution in [3.8, 4) is 5.75 Å². The molecule has 0 fully saturated rings.